The van der Waals surface area contributed by atoms with E-state index >= 15 is 0 Å². The minimum absolute atomic E-state index is 0.0804. The smallest absolute Gasteiger partial charge is 0.360 e. The number of benzene rings is 4. The maximum absolute atomic E-state index is 11.5. The van der Waals surface area contributed by atoms with Crippen LogP contribution < -0.4 is 5.32 Å². The van der Waals surface area contributed by atoms with Gasteiger partial charge in [-0.05, 0) is 129 Å². The summed E-state index contributed by atoms with van der Waals surface area (Å²) in [6, 6.07) is 32.7. The van der Waals surface area contributed by atoms with Gasteiger partial charge in [-0.1, -0.05) is 54.5 Å². The van der Waals surface area contributed by atoms with E-state index in [4.69, 9.17) is 24.1 Å². The van der Waals surface area contributed by atoms with E-state index < -0.39 is 5.97 Å². The second kappa shape index (κ2) is 24.5. The lowest BCUT2D eigenvalue weighted by atomic mass is 10.1. The van der Waals surface area contributed by atoms with Gasteiger partial charge in [-0.15, -0.1) is 5.92 Å². The first kappa shape index (κ1) is 48.0. The number of hydrogen-bond donors (Lipinski definition) is 2. The molecule has 8 aromatic rings. The van der Waals surface area contributed by atoms with Gasteiger partial charge in [0.25, 0.3) is 0 Å². The van der Waals surface area contributed by atoms with Crippen LogP contribution in [0.3, 0.4) is 0 Å². The maximum Gasteiger partial charge on any atom is 0.360 e. The van der Waals surface area contributed by atoms with Crippen molar-refractivity contribution in [2.45, 2.75) is 52.0 Å². The van der Waals surface area contributed by atoms with Gasteiger partial charge in [0.05, 0.1) is 34.9 Å². The molecule has 2 N–H and O–H groups in total. The Hall–Kier alpha value is -6.97. The van der Waals surface area contributed by atoms with Crippen molar-refractivity contribution in [3.05, 3.63) is 144 Å². The first-order chi connectivity index (χ1) is 32.8. The Morgan fingerprint density at radius 2 is 1.25 bits per heavy atom. The lowest BCUT2D eigenvalue weighted by Gasteiger charge is -2.11. The van der Waals surface area contributed by atoms with Gasteiger partial charge in [-0.2, -0.15) is 4.89 Å². The number of carbonyl (C=O) groups excluding carboxylic acids is 1. The number of rotatable bonds is 12. The standard InChI is InChI=1S/C23H24N4O.C20H17N3O3.C4H9N.C4H6O4/c1-26-21-7-3-2-6-20(21)25-22(26)14-17-8-10-18(11-9-17)23-24-19(16-28-23)15-27-12-4-5-13-27;1-23-17-6-4-3-5-15(17)21-18(23)11-13-7-9-14(10-8-13)19-22-16(12-26-19)20(24)25-2;1-2-4-5-3-1;1-2-3-4-6-8-7-5/h2-3,6-11,16H,4-5,12-15H2,1H3;3-10,12H,11H2,1-2H3;5H,1-4H2;5H,4H2,1H3. The van der Waals surface area contributed by atoms with Gasteiger partial charge >= 0.3 is 5.97 Å². The Kier molecular flexibility index (Phi) is 17.6. The van der Waals surface area contributed by atoms with Crippen molar-refractivity contribution < 1.29 is 38.6 Å². The van der Waals surface area contributed by atoms with Crippen LogP contribution in [0.5, 0.6) is 0 Å². The van der Waals surface area contributed by atoms with Gasteiger partial charge < -0.3 is 28.0 Å². The molecule has 2 fully saturated rings. The van der Waals surface area contributed by atoms with Crippen LogP contribution >= 0.6 is 0 Å². The van der Waals surface area contributed by atoms with Crippen LogP contribution in [-0.4, -0.2) is 85.1 Å². The van der Waals surface area contributed by atoms with Crippen LogP contribution in [0.2, 0.25) is 0 Å². The Labute approximate surface area is 389 Å². The largest absolute Gasteiger partial charge is 0.464 e. The Bertz CT molecular complexity index is 2840. The molecule has 0 amide bonds. The molecule has 67 heavy (non-hydrogen) atoms. The number of ether oxygens (including phenoxy) is 1. The predicted molar refractivity (Wildman–Crippen MR) is 253 cm³/mol. The van der Waals surface area contributed by atoms with Crippen molar-refractivity contribution in [1.82, 2.24) is 39.3 Å². The quantitative estimate of drug-likeness (QED) is 0.0391. The molecular weight excluding hydrogens is 853 g/mol. The normalized spacial score (nSPS) is 13.2. The SMILES string of the molecule is C1CCNC1.CC#CCOOOO.COC(=O)c1coc(-c2ccc(Cc3nc4ccccc4n3C)cc2)n1.Cn1c(Cc2ccc(-c3nc(CN4CCCC4)co3)cc2)nc2ccccc21. The van der Waals surface area contributed by atoms with Crippen molar-refractivity contribution in [1.29, 1.82) is 0 Å². The molecule has 2 saturated heterocycles. The molecule has 16 heteroatoms. The van der Waals surface area contributed by atoms with Crippen molar-refractivity contribution in [3.63, 3.8) is 0 Å². The third-order valence-corrected chi connectivity index (χ3v) is 11.3. The number of esters is 1. The summed E-state index contributed by atoms with van der Waals surface area (Å²) in [4.78, 5) is 36.3. The molecule has 0 aliphatic carbocycles. The third-order valence-electron chi connectivity index (χ3n) is 11.3. The van der Waals surface area contributed by atoms with E-state index in [1.54, 1.807) is 13.2 Å². The number of aromatic nitrogens is 6. The molecule has 0 saturated carbocycles. The van der Waals surface area contributed by atoms with Crippen molar-refractivity contribution in [3.8, 4) is 34.7 Å². The number of hydrogen-bond acceptors (Lipinski definition) is 14. The van der Waals surface area contributed by atoms with Crippen molar-refractivity contribution in [2.24, 2.45) is 14.1 Å². The summed E-state index contributed by atoms with van der Waals surface area (Å²) in [6.45, 7) is 7.45. The van der Waals surface area contributed by atoms with Gasteiger partial charge in [0.15, 0.2) is 5.69 Å². The van der Waals surface area contributed by atoms with E-state index in [9.17, 15) is 4.79 Å². The molecule has 6 heterocycles. The molecule has 2 aliphatic heterocycles. The minimum atomic E-state index is -0.515. The lowest BCUT2D eigenvalue weighted by molar-refractivity contribution is -0.620. The maximum atomic E-state index is 11.5. The fourth-order valence-electron chi connectivity index (χ4n) is 7.66. The minimum Gasteiger partial charge on any atom is -0.464 e. The summed E-state index contributed by atoms with van der Waals surface area (Å²) in [5.41, 5.74) is 9.67. The van der Waals surface area contributed by atoms with E-state index in [1.165, 1.54) is 76.3 Å². The second-order valence-electron chi connectivity index (χ2n) is 15.8. The first-order valence-corrected chi connectivity index (χ1v) is 22.2. The summed E-state index contributed by atoms with van der Waals surface area (Å²) in [5.74, 6) is 7.67. The molecule has 0 unspecified atom stereocenters. The van der Waals surface area contributed by atoms with Crippen LogP contribution in [0.4, 0.5) is 0 Å². The zero-order valence-corrected chi connectivity index (χ0v) is 38.3. The van der Waals surface area contributed by atoms with Crippen LogP contribution in [0, 0.1) is 11.8 Å². The Morgan fingerprint density at radius 3 is 1.75 bits per heavy atom. The highest BCUT2D eigenvalue weighted by molar-refractivity contribution is 5.87. The number of fused-ring (bicyclic) bond motifs is 2. The highest BCUT2D eigenvalue weighted by atomic mass is 17.6. The molecule has 0 radical (unpaired) electrons. The fraction of sp³-hybridized carbons (Fsp3) is 0.314. The molecule has 0 atom stereocenters. The molecule has 0 spiro atoms. The number of para-hydroxylation sites is 4. The number of aryl methyl sites for hydroxylation is 2. The van der Waals surface area contributed by atoms with Crippen LogP contribution in [0.15, 0.2) is 118 Å². The molecule has 10 rings (SSSR count). The predicted octanol–water partition coefficient (Wildman–Crippen LogP) is 8.75. The summed E-state index contributed by atoms with van der Waals surface area (Å²) >= 11 is 0. The van der Waals surface area contributed by atoms with Crippen LogP contribution in [0.25, 0.3) is 45.0 Å². The van der Waals surface area contributed by atoms with E-state index in [2.05, 4.69) is 116 Å². The number of methoxy groups -OCH3 is 1. The third kappa shape index (κ3) is 13.3. The molecule has 4 aromatic heterocycles. The summed E-state index contributed by atoms with van der Waals surface area (Å²) in [5, 5.41) is 17.4. The van der Waals surface area contributed by atoms with E-state index in [0.717, 1.165) is 70.0 Å². The average molecular weight is 909 g/mol. The van der Waals surface area contributed by atoms with Crippen molar-refractivity contribution in [2.75, 3.05) is 39.9 Å². The summed E-state index contributed by atoms with van der Waals surface area (Å²) in [6.07, 6.45) is 9.98. The van der Waals surface area contributed by atoms with Gasteiger partial charge in [0, 0.05) is 44.6 Å². The zero-order chi connectivity index (χ0) is 46.8. The summed E-state index contributed by atoms with van der Waals surface area (Å²) in [7, 11) is 5.42. The highest BCUT2D eigenvalue weighted by Gasteiger charge is 2.16. The highest BCUT2D eigenvalue weighted by Crippen LogP contribution is 2.24. The number of imidazole rings is 2. The van der Waals surface area contributed by atoms with Gasteiger partial charge in [-0.3, -0.25) is 4.90 Å². The van der Waals surface area contributed by atoms with Gasteiger partial charge in [-0.25, -0.2) is 30.0 Å². The summed E-state index contributed by atoms with van der Waals surface area (Å²) < 4.78 is 20.0. The molecule has 16 nitrogen and oxygen atoms in total. The van der Waals surface area contributed by atoms with E-state index in [0.29, 0.717) is 11.8 Å². The molecule has 0 bridgehead atoms. The average Bonchev–Trinajstić information content (AvgIpc) is 4.25. The van der Waals surface area contributed by atoms with Gasteiger partial charge in [0.2, 0.25) is 11.8 Å². The second-order valence-corrected chi connectivity index (χ2v) is 15.8. The molecule has 2 aliphatic rings. The Morgan fingerprint density at radius 1 is 0.716 bits per heavy atom. The fourth-order valence-corrected chi connectivity index (χ4v) is 7.66. The number of oxazole rings is 2. The molecular formula is C51H56N8O8. The zero-order valence-electron chi connectivity index (χ0n) is 38.3. The van der Waals surface area contributed by atoms with E-state index in [1.807, 2.05) is 55.6 Å². The monoisotopic (exact) mass is 908 g/mol. The van der Waals surface area contributed by atoms with Gasteiger partial charge in [0.1, 0.15) is 30.8 Å². The molecule has 348 valence electrons. The van der Waals surface area contributed by atoms with E-state index in [-0.39, 0.29) is 12.3 Å². The number of nitrogens with zero attached hydrogens (tertiary/aromatic N) is 7. The first-order valence-electron chi connectivity index (χ1n) is 22.2. The van der Waals surface area contributed by atoms with Crippen molar-refractivity contribution >= 4 is 28.0 Å². The van der Waals surface area contributed by atoms with Crippen LogP contribution in [0.1, 0.15) is 71.6 Å². The lowest BCUT2D eigenvalue weighted by Crippen LogP contribution is -2.18. The van der Waals surface area contributed by atoms with Crippen LogP contribution in [-0.2, 0) is 53.2 Å². The topological polar surface area (TPSA) is 177 Å². The number of likely N-dealkylation sites (tertiary alicyclic amines) is 1. The number of carbonyl (C=O) groups is 1. The molecule has 4 aromatic carbocycles. The Balaban J connectivity index is 0.000000158. The number of nitrogens with one attached hydrogen (secondary N) is 1.